The lowest BCUT2D eigenvalue weighted by atomic mass is 10.2. The number of hydrogen-bond donors (Lipinski definition) is 1. The molecule has 0 aliphatic rings. The van der Waals surface area contributed by atoms with Gasteiger partial charge in [0.1, 0.15) is 5.75 Å². The Labute approximate surface area is 127 Å². The van der Waals surface area contributed by atoms with Crippen LogP contribution in [0.15, 0.2) is 51.8 Å². The molecule has 0 saturated heterocycles. The number of aryl methyl sites for hydroxylation is 1. The van der Waals surface area contributed by atoms with Crippen molar-refractivity contribution in [3.05, 3.63) is 52.5 Å². The van der Waals surface area contributed by atoms with Crippen molar-refractivity contribution in [2.45, 2.75) is 11.8 Å². The topological polar surface area (TPSA) is 55.4 Å². The summed E-state index contributed by atoms with van der Waals surface area (Å²) in [7, 11) is -2.02. The summed E-state index contributed by atoms with van der Waals surface area (Å²) in [4.78, 5) is 0.209. The molecule has 0 unspecified atom stereocenters. The van der Waals surface area contributed by atoms with Crippen LogP contribution in [0.5, 0.6) is 5.75 Å². The first kappa shape index (κ1) is 14.9. The molecule has 0 heterocycles. The predicted octanol–water partition coefficient (Wildman–Crippen LogP) is 3.57. The van der Waals surface area contributed by atoms with Gasteiger partial charge in [-0.2, -0.15) is 0 Å². The molecule has 4 nitrogen and oxygen atoms in total. The first-order valence-electron chi connectivity index (χ1n) is 5.85. The molecule has 0 aromatic heterocycles. The molecule has 0 aliphatic carbocycles. The molecule has 0 spiro atoms. The molecule has 0 atom stereocenters. The third-order valence-corrected chi connectivity index (χ3v) is 4.63. The number of nitrogens with one attached hydrogen (secondary N) is 1. The molecule has 0 amide bonds. The third-order valence-electron chi connectivity index (χ3n) is 2.75. The number of methoxy groups -OCH3 is 1. The Morgan fingerprint density at radius 2 is 1.90 bits per heavy atom. The summed E-state index contributed by atoms with van der Waals surface area (Å²) in [6, 6.07) is 11.7. The van der Waals surface area contributed by atoms with Gasteiger partial charge in [-0.05, 0) is 48.9 Å². The van der Waals surface area contributed by atoms with Gasteiger partial charge in [0, 0.05) is 10.2 Å². The van der Waals surface area contributed by atoms with E-state index in [0.717, 1.165) is 11.3 Å². The maximum absolute atomic E-state index is 12.3. The molecule has 2 aromatic rings. The summed E-state index contributed by atoms with van der Waals surface area (Å²) < 4.78 is 32.9. The molecule has 6 heteroatoms. The van der Waals surface area contributed by atoms with Crippen molar-refractivity contribution in [3.63, 3.8) is 0 Å². The number of hydrogen-bond acceptors (Lipinski definition) is 3. The van der Waals surface area contributed by atoms with Gasteiger partial charge in [0.15, 0.2) is 0 Å². The maximum atomic E-state index is 12.3. The Bertz CT molecular complexity index is 729. The first-order chi connectivity index (χ1) is 9.42. The van der Waals surface area contributed by atoms with Crippen molar-refractivity contribution in [1.82, 2.24) is 0 Å². The molecule has 0 fully saturated rings. The Morgan fingerprint density at radius 3 is 2.50 bits per heavy atom. The maximum Gasteiger partial charge on any atom is 0.261 e. The van der Waals surface area contributed by atoms with Crippen molar-refractivity contribution in [1.29, 1.82) is 0 Å². The van der Waals surface area contributed by atoms with Gasteiger partial charge in [-0.1, -0.05) is 22.0 Å². The van der Waals surface area contributed by atoms with E-state index in [-0.39, 0.29) is 4.90 Å². The van der Waals surface area contributed by atoms with Crippen LogP contribution in [0.4, 0.5) is 5.69 Å². The molecule has 20 heavy (non-hydrogen) atoms. The zero-order valence-electron chi connectivity index (χ0n) is 11.1. The van der Waals surface area contributed by atoms with Crippen LogP contribution in [-0.4, -0.2) is 15.5 Å². The minimum absolute atomic E-state index is 0.209. The molecule has 2 rings (SSSR count). The van der Waals surface area contributed by atoms with Crippen LogP contribution in [0.1, 0.15) is 5.56 Å². The standard InChI is InChI=1S/C14H14BrNO3S/c1-10-8-12(6-7-14(10)19-2)16-20(17,18)13-5-3-4-11(15)9-13/h3-9,16H,1-2H3. The minimum atomic E-state index is -3.59. The van der Waals surface area contributed by atoms with Crippen LogP contribution in [0.2, 0.25) is 0 Å². The Balaban J connectivity index is 2.31. The molecular weight excluding hydrogens is 342 g/mol. The minimum Gasteiger partial charge on any atom is -0.496 e. The van der Waals surface area contributed by atoms with E-state index in [2.05, 4.69) is 20.7 Å². The van der Waals surface area contributed by atoms with Gasteiger partial charge in [-0.3, -0.25) is 4.72 Å². The van der Waals surface area contributed by atoms with Gasteiger partial charge >= 0.3 is 0 Å². The quantitative estimate of drug-likeness (QED) is 0.911. The normalized spacial score (nSPS) is 11.2. The molecule has 0 aliphatic heterocycles. The van der Waals surface area contributed by atoms with Crippen LogP contribution in [-0.2, 0) is 10.0 Å². The molecule has 0 radical (unpaired) electrons. The van der Waals surface area contributed by atoms with Crippen molar-refractivity contribution in [2.75, 3.05) is 11.8 Å². The number of rotatable bonds is 4. The predicted molar refractivity (Wildman–Crippen MR) is 82.7 cm³/mol. The molecule has 0 saturated carbocycles. The number of sulfonamides is 1. The molecule has 0 bridgehead atoms. The van der Waals surface area contributed by atoms with Gasteiger partial charge < -0.3 is 4.74 Å². The van der Waals surface area contributed by atoms with E-state index in [1.54, 1.807) is 49.6 Å². The second kappa shape index (κ2) is 5.85. The molecule has 2 aromatic carbocycles. The lowest BCUT2D eigenvalue weighted by Gasteiger charge is -2.11. The average molecular weight is 356 g/mol. The Morgan fingerprint density at radius 1 is 1.15 bits per heavy atom. The highest BCUT2D eigenvalue weighted by Crippen LogP contribution is 2.24. The number of halogens is 1. The van der Waals surface area contributed by atoms with E-state index in [4.69, 9.17) is 4.74 Å². The van der Waals surface area contributed by atoms with E-state index < -0.39 is 10.0 Å². The Hall–Kier alpha value is -1.53. The molecule has 106 valence electrons. The van der Waals surface area contributed by atoms with Crippen molar-refractivity contribution >= 4 is 31.6 Å². The fourth-order valence-electron chi connectivity index (χ4n) is 1.79. The second-order valence-corrected chi connectivity index (χ2v) is 6.85. The van der Waals surface area contributed by atoms with Crippen LogP contribution in [0.3, 0.4) is 0 Å². The lowest BCUT2D eigenvalue weighted by molar-refractivity contribution is 0.412. The number of anilines is 1. The van der Waals surface area contributed by atoms with Crippen molar-refractivity contribution in [3.8, 4) is 5.75 Å². The van der Waals surface area contributed by atoms with Gasteiger partial charge in [0.2, 0.25) is 0 Å². The van der Waals surface area contributed by atoms with E-state index in [1.807, 2.05) is 6.92 Å². The highest BCUT2D eigenvalue weighted by Gasteiger charge is 2.14. The second-order valence-electron chi connectivity index (χ2n) is 4.25. The fraction of sp³-hybridized carbons (Fsp3) is 0.143. The smallest absolute Gasteiger partial charge is 0.261 e. The van der Waals surface area contributed by atoms with E-state index in [1.165, 1.54) is 0 Å². The number of benzene rings is 2. The summed E-state index contributed by atoms with van der Waals surface area (Å²) in [5.74, 6) is 0.718. The molecular formula is C14H14BrNO3S. The monoisotopic (exact) mass is 355 g/mol. The van der Waals surface area contributed by atoms with Gasteiger partial charge in [-0.25, -0.2) is 8.42 Å². The first-order valence-corrected chi connectivity index (χ1v) is 8.13. The summed E-state index contributed by atoms with van der Waals surface area (Å²) in [6.07, 6.45) is 0. The number of ether oxygens (including phenoxy) is 1. The van der Waals surface area contributed by atoms with Crippen LogP contribution < -0.4 is 9.46 Å². The largest absolute Gasteiger partial charge is 0.496 e. The summed E-state index contributed by atoms with van der Waals surface area (Å²) >= 11 is 3.26. The summed E-state index contributed by atoms with van der Waals surface area (Å²) in [6.45, 7) is 1.86. The average Bonchev–Trinajstić information content (AvgIpc) is 2.38. The van der Waals surface area contributed by atoms with Crippen LogP contribution in [0.25, 0.3) is 0 Å². The lowest BCUT2D eigenvalue weighted by Crippen LogP contribution is -2.13. The highest BCUT2D eigenvalue weighted by molar-refractivity contribution is 9.10. The SMILES string of the molecule is COc1ccc(NS(=O)(=O)c2cccc(Br)c2)cc1C. The third kappa shape index (κ3) is 3.32. The van der Waals surface area contributed by atoms with E-state index in [9.17, 15) is 8.42 Å². The zero-order chi connectivity index (χ0) is 14.8. The summed E-state index contributed by atoms with van der Waals surface area (Å²) in [5.41, 5.74) is 1.37. The van der Waals surface area contributed by atoms with Gasteiger partial charge in [-0.15, -0.1) is 0 Å². The van der Waals surface area contributed by atoms with Crippen LogP contribution >= 0.6 is 15.9 Å². The van der Waals surface area contributed by atoms with Gasteiger partial charge in [0.25, 0.3) is 10.0 Å². The molecule has 1 N–H and O–H groups in total. The fourth-order valence-corrected chi connectivity index (χ4v) is 3.44. The Kier molecular flexibility index (Phi) is 4.35. The van der Waals surface area contributed by atoms with Crippen molar-refractivity contribution in [2.24, 2.45) is 0 Å². The van der Waals surface area contributed by atoms with E-state index >= 15 is 0 Å². The van der Waals surface area contributed by atoms with Crippen molar-refractivity contribution < 1.29 is 13.2 Å². The summed E-state index contributed by atoms with van der Waals surface area (Å²) in [5, 5.41) is 0. The highest BCUT2D eigenvalue weighted by atomic mass is 79.9. The van der Waals surface area contributed by atoms with Crippen LogP contribution in [0, 0.1) is 6.92 Å². The van der Waals surface area contributed by atoms with E-state index in [0.29, 0.717) is 10.2 Å². The van der Waals surface area contributed by atoms with Gasteiger partial charge in [0.05, 0.1) is 12.0 Å². The zero-order valence-corrected chi connectivity index (χ0v) is 13.5.